The SMILES string of the molecule is O=C(c1ccc(F)c(F)c1)c1ccc(Br)c(Cl)c1F. The van der Waals surface area contributed by atoms with Crippen LogP contribution in [0.4, 0.5) is 13.2 Å². The molecule has 0 saturated heterocycles. The van der Waals surface area contributed by atoms with Crippen molar-refractivity contribution in [2.24, 2.45) is 0 Å². The summed E-state index contributed by atoms with van der Waals surface area (Å²) >= 11 is 8.68. The highest BCUT2D eigenvalue weighted by Gasteiger charge is 2.19. The second kappa shape index (κ2) is 5.35. The third-order valence-corrected chi connectivity index (χ3v) is 3.72. The van der Waals surface area contributed by atoms with Gasteiger partial charge in [-0.25, -0.2) is 13.2 Å². The summed E-state index contributed by atoms with van der Waals surface area (Å²) in [6, 6.07) is 5.22. The molecule has 2 aromatic carbocycles. The number of benzene rings is 2. The second-order valence-electron chi connectivity index (χ2n) is 3.68. The Kier molecular flexibility index (Phi) is 3.96. The Labute approximate surface area is 120 Å². The van der Waals surface area contributed by atoms with Gasteiger partial charge in [0, 0.05) is 10.0 Å². The highest BCUT2D eigenvalue weighted by molar-refractivity contribution is 9.10. The first kappa shape index (κ1) is 14.1. The maximum Gasteiger partial charge on any atom is 0.196 e. The Bertz CT molecular complexity index is 673. The van der Waals surface area contributed by atoms with Gasteiger partial charge in [0.2, 0.25) is 0 Å². The zero-order chi connectivity index (χ0) is 14.2. The lowest BCUT2D eigenvalue weighted by molar-refractivity contribution is 0.103. The van der Waals surface area contributed by atoms with Crippen LogP contribution < -0.4 is 0 Å². The van der Waals surface area contributed by atoms with Gasteiger partial charge >= 0.3 is 0 Å². The molecule has 0 aliphatic heterocycles. The van der Waals surface area contributed by atoms with Crippen LogP contribution in [0.3, 0.4) is 0 Å². The van der Waals surface area contributed by atoms with Crippen molar-refractivity contribution in [3.8, 4) is 0 Å². The summed E-state index contributed by atoms with van der Waals surface area (Å²) in [6.07, 6.45) is 0. The van der Waals surface area contributed by atoms with Crippen LogP contribution in [0.2, 0.25) is 5.02 Å². The lowest BCUT2D eigenvalue weighted by atomic mass is 10.0. The van der Waals surface area contributed by atoms with Crippen LogP contribution >= 0.6 is 27.5 Å². The number of hydrogen-bond donors (Lipinski definition) is 0. The summed E-state index contributed by atoms with van der Waals surface area (Å²) in [6.45, 7) is 0. The molecule has 0 aliphatic rings. The first-order valence-corrected chi connectivity index (χ1v) is 6.22. The first-order valence-electron chi connectivity index (χ1n) is 5.05. The minimum absolute atomic E-state index is 0.156. The largest absolute Gasteiger partial charge is 0.288 e. The molecule has 0 unspecified atom stereocenters. The molecule has 0 radical (unpaired) electrons. The van der Waals surface area contributed by atoms with Crippen LogP contribution in [0.1, 0.15) is 15.9 Å². The number of carbonyl (C=O) groups excluding carboxylic acids is 1. The average molecular weight is 350 g/mol. The summed E-state index contributed by atoms with van der Waals surface area (Å²) in [7, 11) is 0. The van der Waals surface area contributed by atoms with Crippen molar-refractivity contribution in [1.29, 1.82) is 0 Å². The van der Waals surface area contributed by atoms with Crippen LogP contribution in [-0.2, 0) is 0 Å². The molecule has 0 aliphatic carbocycles. The number of ketones is 1. The summed E-state index contributed by atoms with van der Waals surface area (Å²) < 4.78 is 39.9. The van der Waals surface area contributed by atoms with Gasteiger partial charge in [0.15, 0.2) is 23.2 Å². The fourth-order valence-electron chi connectivity index (χ4n) is 1.49. The van der Waals surface area contributed by atoms with Gasteiger partial charge < -0.3 is 0 Å². The van der Waals surface area contributed by atoms with E-state index in [0.717, 1.165) is 12.1 Å². The van der Waals surface area contributed by atoms with E-state index in [9.17, 15) is 18.0 Å². The molecule has 0 spiro atoms. The maximum atomic E-state index is 13.8. The fraction of sp³-hybridized carbons (Fsp3) is 0. The molecule has 0 N–H and O–H groups in total. The van der Waals surface area contributed by atoms with E-state index in [1.54, 1.807) is 0 Å². The molecule has 98 valence electrons. The Morgan fingerprint density at radius 3 is 2.37 bits per heavy atom. The Morgan fingerprint density at radius 2 is 1.74 bits per heavy atom. The van der Waals surface area contributed by atoms with Crippen molar-refractivity contribution in [2.75, 3.05) is 0 Å². The number of halogens is 5. The third-order valence-electron chi connectivity index (χ3n) is 2.46. The van der Waals surface area contributed by atoms with E-state index in [0.29, 0.717) is 10.5 Å². The standard InChI is InChI=1S/C13H5BrClF3O/c14-8-3-2-7(12(18)11(8)15)13(19)6-1-4-9(16)10(17)5-6/h1-5H. The van der Waals surface area contributed by atoms with Crippen molar-refractivity contribution >= 4 is 33.3 Å². The van der Waals surface area contributed by atoms with Gasteiger partial charge in [-0.2, -0.15) is 0 Å². The second-order valence-corrected chi connectivity index (χ2v) is 4.91. The van der Waals surface area contributed by atoms with Crippen molar-refractivity contribution in [1.82, 2.24) is 0 Å². The smallest absolute Gasteiger partial charge is 0.196 e. The summed E-state index contributed by atoms with van der Waals surface area (Å²) in [5, 5.41) is -0.242. The molecule has 0 saturated carbocycles. The minimum Gasteiger partial charge on any atom is -0.288 e. The Morgan fingerprint density at radius 1 is 1.05 bits per heavy atom. The van der Waals surface area contributed by atoms with Crippen LogP contribution in [0.15, 0.2) is 34.8 Å². The van der Waals surface area contributed by atoms with E-state index < -0.39 is 23.2 Å². The molecule has 1 nitrogen and oxygen atoms in total. The highest BCUT2D eigenvalue weighted by Crippen LogP contribution is 2.28. The van der Waals surface area contributed by atoms with E-state index in [4.69, 9.17) is 11.6 Å². The van der Waals surface area contributed by atoms with Gasteiger partial charge in [0.05, 0.1) is 10.6 Å². The van der Waals surface area contributed by atoms with Gasteiger partial charge in [-0.3, -0.25) is 4.79 Å². The quantitative estimate of drug-likeness (QED) is 0.565. The predicted octanol–water partition coefficient (Wildman–Crippen LogP) is 4.75. The van der Waals surface area contributed by atoms with Gasteiger partial charge in [-0.1, -0.05) is 11.6 Å². The molecule has 6 heteroatoms. The number of rotatable bonds is 2. The van der Waals surface area contributed by atoms with Gasteiger partial charge in [-0.05, 0) is 46.3 Å². The van der Waals surface area contributed by atoms with Crippen LogP contribution in [0.25, 0.3) is 0 Å². The molecule has 19 heavy (non-hydrogen) atoms. The zero-order valence-electron chi connectivity index (χ0n) is 9.18. The Balaban J connectivity index is 2.50. The van der Waals surface area contributed by atoms with Crippen molar-refractivity contribution < 1.29 is 18.0 Å². The molecule has 0 amide bonds. The fourth-order valence-corrected chi connectivity index (χ4v) is 1.97. The first-order chi connectivity index (χ1) is 8.91. The molecular weight excluding hydrogens is 344 g/mol. The summed E-state index contributed by atoms with van der Waals surface area (Å²) in [4.78, 5) is 12.0. The van der Waals surface area contributed by atoms with Gasteiger partial charge in [0.1, 0.15) is 0 Å². The summed E-state index contributed by atoms with van der Waals surface area (Å²) in [5.74, 6) is -3.93. The molecule has 0 bridgehead atoms. The lowest BCUT2D eigenvalue weighted by Crippen LogP contribution is -2.06. The molecule has 0 aromatic heterocycles. The van der Waals surface area contributed by atoms with Crippen LogP contribution in [0, 0.1) is 17.5 Å². The van der Waals surface area contributed by atoms with E-state index in [-0.39, 0.29) is 16.1 Å². The third kappa shape index (κ3) is 2.67. The van der Waals surface area contributed by atoms with Crippen LogP contribution in [0.5, 0.6) is 0 Å². The van der Waals surface area contributed by atoms with E-state index in [1.165, 1.54) is 12.1 Å². The molecule has 0 fully saturated rings. The predicted molar refractivity (Wildman–Crippen MR) is 68.9 cm³/mol. The van der Waals surface area contributed by atoms with Crippen LogP contribution in [-0.4, -0.2) is 5.78 Å². The maximum absolute atomic E-state index is 13.8. The van der Waals surface area contributed by atoms with Gasteiger partial charge in [0.25, 0.3) is 0 Å². The van der Waals surface area contributed by atoms with Crippen molar-refractivity contribution in [2.45, 2.75) is 0 Å². The summed E-state index contributed by atoms with van der Waals surface area (Å²) in [5.41, 5.74) is -0.463. The topological polar surface area (TPSA) is 17.1 Å². The lowest BCUT2D eigenvalue weighted by Gasteiger charge is -2.06. The van der Waals surface area contributed by atoms with Crippen molar-refractivity contribution in [3.63, 3.8) is 0 Å². The van der Waals surface area contributed by atoms with Crippen molar-refractivity contribution in [3.05, 3.63) is 68.4 Å². The van der Waals surface area contributed by atoms with E-state index >= 15 is 0 Å². The minimum atomic E-state index is -1.17. The van der Waals surface area contributed by atoms with E-state index in [1.807, 2.05) is 0 Å². The Hall–Kier alpha value is -1.33. The molecule has 2 aromatic rings. The molecule has 0 heterocycles. The van der Waals surface area contributed by atoms with Gasteiger partial charge in [-0.15, -0.1) is 0 Å². The highest BCUT2D eigenvalue weighted by atomic mass is 79.9. The average Bonchev–Trinajstić information content (AvgIpc) is 2.39. The molecular formula is C13H5BrClF3O. The molecule has 2 rings (SSSR count). The number of hydrogen-bond acceptors (Lipinski definition) is 1. The normalized spacial score (nSPS) is 10.6. The number of carbonyl (C=O) groups is 1. The van der Waals surface area contributed by atoms with E-state index in [2.05, 4.69) is 15.9 Å². The zero-order valence-corrected chi connectivity index (χ0v) is 11.5. The molecule has 0 atom stereocenters. The monoisotopic (exact) mass is 348 g/mol.